The molecule has 0 saturated carbocycles. The van der Waals surface area contributed by atoms with Crippen LogP contribution in [-0.2, 0) is 22.7 Å². The number of aromatic nitrogens is 3. The zero-order valence-electron chi connectivity index (χ0n) is 19.8. The molecule has 2 aromatic heterocycles. The molecule has 0 spiro atoms. The molecule has 0 aliphatic carbocycles. The third-order valence-electron chi connectivity index (χ3n) is 5.14. The Kier molecular flexibility index (Phi) is 8.70. The summed E-state index contributed by atoms with van der Waals surface area (Å²) in [6.07, 6.45) is 1.71. The first-order chi connectivity index (χ1) is 18.0. The Morgan fingerprint density at radius 1 is 1.16 bits per heavy atom. The standard InChI is InChI=1S/C26H23FN4O4S2/c1-3-13-31-21(14-35-19-7-5-4-6-8-19)29-30-26(31)37-16-22(32)28-24-23(25(33)34-2)20(15-36-24)17-9-11-18(27)12-10-17/h3-12,15H,1,13-14,16H2,2H3,(H,28,32). The van der Waals surface area contributed by atoms with Crippen LogP contribution in [0.1, 0.15) is 16.2 Å². The van der Waals surface area contributed by atoms with Crippen LogP contribution in [0.25, 0.3) is 11.1 Å². The molecule has 2 aromatic carbocycles. The van der Waals surface area contributed by atoms with E-state index in [2.05, 4.69) is 22.1 Å². The highest BCUT2D eigenvalue weighted by Gasteiger charge is 2.23. The maximum Gasteiger partial charge on any atom is 0.341 e. The lowest BCUT2D eigenvalue weighted by Gasteiger charge is -2.10. The van der Waals surface area contributed by atoms with Gasteiger partial charge in [0.2, 0.25) is 5.91 Å². The fraction of sp³-hybridized carbons (Fsp3) is 0.154. The van der Waals surface area contributed by atoms with Gasteiger partial charge in [-0.05, 0) is 29.8 Å². The Hall–Kier alpha value is -3.96. The molecule has 0 atom stereocenters. The van der Waals surface area contributed by atoms with Gasteiger partial charge in [-0.25, -0.2) is 9.18 Å². The number of nitrogens with one attached hydrogen (secondary N) is 1. The first-order valence-electron chi connectivity index (χ1n) is 11.1. The van der Waals surface area contributed by atoms with Crippen LogP contribution in [0.3, 0.4) is 0 Å². The molecule has 0 bridgehead atoms. The molecule has 1 N–H and O–H groups in total. The Morgan fingerprint density at radius 2 is 1.92 bits per heavy atom. The fourth-order valence-electron chi connectivity index (χ4n) is 3.40. The van der Waals surface area contributed by atoms with Crippen LogP contribution in [0.5, 0.6) is 5.75 Å². The molecule has 0 aliphatic heterocycles. The van der Waals surface area contributed by atoms with Crippen molar-refractivity contribution in [3.05, 3.63) is 89.8 Å². The maximum atomic E-state index is 13.4. The smallest absolute Gasteiger partial charge is 0.341 e. The molecule has 0 saturated heterocycles. The van der Waals surface area contributed by atoms with Gasteiger partial charge in [0.15, 0.2) is 11.0 Å². The third kappa shape index (κ3) is 6.43. The Labute approximate surface area is 221 Å². The van der Waals surface area contributed by atoms with Crippen LogP contribution < -0.4 is 10.1 Å². The predicted molar refractivity (Wildman–Crippen MR) is 141 cm³/mol. The summed E-state index contributed by atoms with van der Waals surface area (Å²) in [5.41, 5.74) is 1.40. The molecule has 2 heterocycles. The van der Waals surface area contributed by atoms with Crippen LogP contribution in [0.15, 0.2) is 77.8 Å². The van der Waals surface area contributed by atoms with Crippen LogP contribution in [0.4, 0.5) is 9.39 Å². The number of ether oxygens (including phenoxy) is 2. The van der Waals surface area contributed by atoms with Gasteiger partial charge in [-0.1, -0.05) is 48.2 Å². The highest BCUT2D eigenvalue weighted by molar-refractivity contribution is 7.99. The second-order valence-electron chi connectivity index (χ2n) is 7.59. The second-order valence-corrected chi connectivity index (χ2v) is 9.41. The van der Waals surface area contributed by atoms with Crippen LogP contribution >= 0.6 is 23.1 Å². The minimum Gasteiger partial charge on any atom is -0.486 e. The van der Waals surface area contributed by atoms with Gasteiger partial charge in [0, 0.05) is 17.5 Å². The highest BCUT2D eigenvalue weighted by Crippen LogP contribution is 2.36. The lowest BCUT2D eigenvalue weighted by atomic mass is 10.0. The maximum absolute atomic E-state index is 13.4. The number of thioether (sulfide) groups is 1. The van der Waals surface area contributed by atoms with Crippen LogP contribution in [-0.4, -0.2) is 39.5 Å². The number of esters is 1. The number of hydrogen-bond donors (Lipinski definition) is 1. The lowest BCUT2D eigenvalue weighted by Crippen LogP contribution is -2.16. The molecule has 4 rings (SSSR count). The van der Waals surface area contributed by atoms with Gasteiger partial charge < -0.3 is 14.8 Å². The molecule has 8 nitrogen and oxygen atoms in total. The van der Waals surface area contributed by atoms with Gasteiger partial charge in [0.25, 0.3) is 0 Å². The van der Waals surface area contributed by atoms with Crippen molar-refractivity contribution in [2.75, 3.05) is 18.2 Å². The third-order valence-corrected chi connectivity index (χ3v) is 7.00. The predicted octanol–water partition coefficient (Wildman–Crippen LogP) is 5.43. The topological polar surface area (TPSA) is 95.3 Å². The van der Waals surface area contributed by atoms with Gasteiger partial charge >= 0.3 is 5.97 Å². The molecule has 0 aliphatic rings. The van der Waals surface area contributed by atoms with Crippen molar-refractivity contribution in [3.63, 3.8) is 0 Å². The van der Waals surface area contributed by atoms with Gasteiger partial charge in [0.1, 0.15) is 28.7 Å². The Morgan fingerprint density at radius 3 is 2.62 bits per heavy atom. The number of carbonyl (C=O) groups is 2. The Bertz CT molecular complexity index is 1390. The molecule has 37 heavy (non-hydrogen) atoms. The summed E-state index contributed by atoms with van der Waals surface area (Å²) in [7, 11) is 1.27. The molecule has 11 heteroatoms. The number of amides is 1. The van der Waals surface area contributed by atoms with E-state index in [4.69, 9.17) is 9.47 Å². The average Bonchev–Trinajstić information content (AvgIpc) is 3.51. The van der Waals surface area contributed by atoms with E-state index in [1.54, 1.807) is 23.6 Å². The number of hydrogen-bond acceptors (Lipinski definition) is 8. The summed E-state index contributed by atoms with van der Waals surface area (Å²) < 4.78 is 25.9. The van der Waals surface area contributed by atoms with E-state index in [1.807, 2.05) is 34.9 Å². The summed E-state index contributed by atoms with van der Waals surface area (Å²) in [6, 6.07) is 15.1. The van der Waals surface area contributed by atoms with E-state index in [9.17, 15) is 14.0 Å². The number of anilines is 1. The summed E-state index contributed by atoms with van der Waals surface area (Å²) >= 11 is 2.39. The molecule has 0 radical (unpaired) electrons. The van der Waals surface area contributed by atoms with Crippen LogP contribution in [0.2, 0.25) is 0 Å². The first-order valence-corrected chi connectivity index (χ1v) is 13.0. The van der Waals surface area contributed by atoms with Gasteiger partial charge in [0.05, 0.1) is 12.9 Å². The number of para-hydroxylation sites is 1. The summed E-state index contributed by atoms with van der Waals surface area (Å²) in [5, 5.41) is 13.8. The van der Waals surface area contributed by atoms with Crippen molar-refractivity contribution in [1.82, 2.24) is 14.8 Å². The zero-order chi connectivity index (χ0) is 26.2. The molecule has 0 fully saturated rings. The number of benzene rings is 2. The number of rotatable bonds is 11. The minimum absolute atomic E-state index is 0.0270. The SMILES string of the molecule is C=CCn1c(COc2ccccc2)nnc1SCC(=O)Nc1scc(-c2ccc(F)cc2)c1C(=O)OC. The monoisotopic (exact) mass is 538 g/mol. The van der Waals surface area contributed by atoms with Crippen molar-refractivity contribution >= 4 is 40.0 Å². The lowest BCUT2D eigenvalue weighted by molar-refractivity contribution is -0.113. The number of thiophene rings is 1. The average molecular weight is 539 g/mol. The van der Waals surface area contributed by atoms with Gasteiger partial charge in [-0.3, -0.25) is 9.36 Å². The number of allylic oxidation sites excluding steroid dienone is 1. The quantitative estimate of drug-likeness (QED) is 0.155. The summed E-state index contributed by atoms with van der Waals surface area (Å²) in [5.74, 6) is 0.0149. The van der Waals surface area contributed by atoms with E-state index in [0.717, 1.165) is 0 Å². The van der Waals surface area contributed by atoms with E-state index in [-0.39, 0.29) is 29.6 Å². The van der Waals surface area contributed by atoms with Crippen molar-refractivity contribution in [2.45, 2.75) is 18.3 Å². The number of halogens is 1. The molecule has 4 aromatic rings. The normalized spacial score (nSPS) is 10.6. The van der Waals surface area contributed by atoms with Gasteiger partial charge in [-0.2, -0.15) is 0 Å². The van der Waals surface area contributed by atoms with Crippen molar-refractivity contribution in [3.8, 4) is 16.9 Å². The molecule has 190 valence electrons. The van der Waals surface area contributed by atoms with Crippen molar-refractivity contribution in [2.24, 2.45) is 0 Å². The van der Waals surface area contributed by atoms with Gasteiger partial charge in [-0.15, -0.1) is 28.1 Å². The van der Waals surface area contributed by atoms with E-state index in [0.29, 0.717) is 39.4 Å². The number of carbonyl (C=O) groups excluding carboxylic acids is 2. The zero-order valence-corrected chi connectivity index (χ0v) is 21.5. The Balaban J connectivity index is 1.45. The number of methoxy groups -OCH3 is 1. The second kappa shape index (κ2) is 12.3. The van der Waals surface area contributed by atoms with E-state index >= 15 is 0 Å². The van der Waals surface area contributed by atoms with Crippen molar-refractivity contribution in [1.29, 1.82) is 0 Å². The van der Waals surface area contributed by atoms with E-state index < -0.39 is 5.97 Å². The molecular formula is C26H23FN4O4S2. The largest absolute Gasteiger partial charge is 0.486 e. The summed E-state index contributed by atoms with van der Waals surface area (Å²) in [4.78, 5) is 25.3. The highest BCUT2D eigenvalue weighted by atomic mass is 32.2. The molecule has 1 amide bonds. The molecular weight excluding hydrogens is 515 g/mol. The fourth-order valence-corrected chi connectivity index (χ4v) is 5.14. The van der Waals surface area contributed by atoms with Crippen molar-refractivity contribution < 1.29 is 23.5 Å². The summed E-state index contributed by atoms with van der Waals surface area (Å²) in [6.45, 7) is 4.44. The minimum atomic E-state index is -0.600. The first kappa shape index (κ1) is 26.1. The number of nitrogens with zero attached hydrogens (tertiary/aromatic N) is 3. The molecule has 0 unspecified atom stereocenters. The van der Waals surface area contributed by atoms with Crippen LogP contribution in [0, 0.1) is 5.82 Å². The van der Waals surface area contributed by atoms with E-state index in [1.165, 1.54) is 42.3 Å².